The topological polar surface area (TPSA) is 0 Å². The van der Waals surface area contributed by atoms with E-state index in [9.17, 15) is 17.6 Å². The zero-order valence-corrected chi connectivity index (χ0v) is 10.7. The van der Waals surface area contributed by atoms with Crippen molar-refractivity contribution in [2.45, 2.75) is 5.38 Å². The Hall–Kier alpha value is -1.26. The van der Waals surface area contributed by atoms with Gasteiger partial charge in [0, 0.05) is 28.3 Å². The molecule has 0 amide bonds. The summed E-state index contributed by atoms with van der Waals surface area (Å²) in [5, 5.41) is -1.56. The first-order valence-electron chi connectivity index (χ1n) is 5.14. The normalized spacial score (nSPS) is 12.5. The quantitative estimate of drug-likeness (QED) is 0.527. The molecule has 19 heavy (non-hydrogen) atoms. The van der Waals surface area contributed by atoms with Crippen LogP contribution in [0.15, 0.2) is 30.3 Å². The van der Waals surface area contributed by atoms with Crippen LogP contribution in [0.3, 0.4) is 0 Å². The number of benzene rings is 2. The molecule has 1 unspecified atom stereocenters. The van der Waals surface area contributed by atoms with Gasteiger partial charge in [-0.05, 0) is 12.1 Å². The molecule has 0 nitrogen and oxygen atoms in total. The van der Waals surface area contributed by atoms with Crippen LogP contribution < -0.4 is 0 Å². The van der Waals surface area contributed by atoms with Crippen LogP contribution in [0.1, 0.15) is 16.5 Å². The van der Waals surface area contributed by atoms with Crippen molar-refractivity contribution in [2.75, 3.05) is 0 Å². The van der Waals surface area contributed by atoms with Crippen LogP contribution in [0.2, 0.25) is 5.02 Å². The summed E-state index contributed by atoms with van der Waals surface area (Å²) in [5.74, 6) is -4.27. The maximum absolute atomic E-state index is 13.6. The first-order valence-corrected chi connectivity index (χ1v) is 5.95. The van der Waals surface area contributed by atoms with Crippen molar-refractivity contribution in [1.29, 1.82) is 0 Å². The van der Waals surface area contributed by atoms with Crippen molar-refractivity contribution in [3.05, 3.63) is 69.8 Å². The lowest BCUT2D eigenvalue weighted by molar-refractivity contribution is 0.523. The van der Waals surface area contributed by atoms with Crippen LogP contribution in [-0.4, -0.2) is 0 Å². The van der Waals surface area contributed by atoms with E-state index < -0.39 is 34.2 Å². The van der Waals surface area contributed by atoms with E-state index in [4.69, 9.17) is 23.2 Å². The molecule has 1 atom stereocenters. The molecule has 0 aliphatic heterocycles. The average molecular weight is 309 g/mol. The van der Waals surface area contributed by atoms with Crippen molar-refractivity contribution in [3.63, 3.8) is 0 Å². The molecule has 2 rings (SSSR count). The Morgan fingerprint density at radius 1 is 0.842 bits per heavy atom. The van der Waals surface area contributed by atoms with Gasteiger partial charge in [0.2, 0.25) is 0 Å². The zero-order valence-electron chi connectivity index (χ0n) is 9.23. The third-order valence-corrected chi connectivity index (χ3v) is 3.32. The molecular formula is C13H6Cl2F4. The standard InChI is InChI=1S/C13H6Cl2F4/c14-7-2-1-3-8(17)11(7)13(15)12-9(18)4-6(16)5-10(12)19/h1-5,13H. The average Bonchev–Trinajstić information content (AvgIpc) is 2.26. The molecule has 0 aliphatic rings. The summed E-state index contributed by atoms with van der Waals surface area (Å²) in [7, 11) is 0. The summed E-state index contributed by atoms with van der Waals surface area (Å²) in [6, 6.07) is 4.69. The Morgan fingerprint density at radius 2 is 1.42 bits per heavy atom. The highest BCUT2D eigenvalue weighted by atomic mass is 35.5. The van der Waals surface area contributed by atoms with Gasteiger partial charge in [0.15, 0.2) is 0 Å². The highest BCUT2D eigenvalue weighted by molar-refractivity contribution is 6.33. The predicted molar refractivity (Wildman–Crippen MR) is 65.4 cm³/mol. The molecule has 0 saturated carbocycles. The molecule has 0 aromatic heterocycles. The van der Waals surface area contributed by atoms with Crippen LogP contribution in [0.5, 0.6) is 0 Å². The van der Waals surface area contributed by atoms with E-state index in [0.29, 0.717) is 12.1 Å². The summed E-state index contributed by atoms with van der Waals surface area (Å²) in [6.07, 6.45) is 0. The summed E-state index contributed by atoms with van der Waals surface area (Å²) in [4.78, 5) is 0. The van der Waals surface area contributed by atoms with Gasteiger partial charge in [0.1, 0.15) is 23.3 Å². The van der Waals surface area contributed by atoms with Crippen LogP contribution in [0.4, 0.5) is 17.6 Å². The molecule has 0 radical (unpaired) electrons. The van der Waals surface area contributed by atoms with Crippen molar-refractivity contribution in [2.24, 2.45) is 0 Å². The lowest BCUT2D eigenvalue weighted by Crippen LogP contribution is -2.05. The second-order valence-corrected chi connectivity index (χ2v) is 4.62. The fraction of sp³-hybridized carbons (Fsp3) is 0.0769. The van der Waals surface area contributed by atoms with E-state index in [1.807, 2.05) is 0 Å². The predicted octanol–water partition coefficient (Wildman–Crippen LogP) is 5.22. The maximum atomic E-state index is 13.6. The molecular weight excluding hydrogens is 303 g/mol. The van der Waals surface area contributed by atoms with Gasteiger partial charge in [0.05, 0.1) is 5.38 Å². The SMILES string of the molecule is Fc1cc(F)c(C(Cl)c2c(F)cccc2Cl)c(F)c1. The first-order chi connectivity index (χ1) is 8.91. The van der Waals surface area contributed by atoms with Crippen LogP contribution in [0.25, 0.3) is 0 Å². The minimum absolute atomic E-state index is 0.0666. The second-order valence-electron chi connectivity index (χ2n) is 3.78. The first kappa shape index (κ1) is 14.2. The van der Waals surface area contributed by atoms with Gasteiger partial charge < -0.3 is 0 Å². The van der Waals surface area contributed by atoms with Gasteiger partial charge in [0.25, 0.3) is 0 Å². The Labute approximate surface area is 116 Å². The molecule has 2 aromatic rings. The Morgan fingerprint density at radius 3 is 1.95 bits per heavy atom. The summed E-state index contributed by atoms with van der Waals surface area (Å²) >= 11 is 11.6. The third-order valence-electron chi connectivity index (χ3n) is 2.55. The van der Waals surface area contributed by atoms with Crippen molar-refractivity contribution in [3.8, 4) is 0 Å². The Kier molecular flexibility index (Phi) is 4.02. The highest BCUT2D eigenvalue weighted by Gasteiger charge is 2.25. The van der Waals surface area contributed by atoms with Crippen LogP contribution in [-0.2, 0) is 0 Å². The van der Waals surface area contributed by atoms with Gasteiger partial charge >= 0.3 is 0 Å². The maximum Gasteiger partial charge on any atom is 0.134 e. The highest BCUT2D eigenvalue weighted by Crippen LogP contribution is 2.37. The van der Waals surface area contributed by atoms with E-state index >= 15 is 0 Å². The Balaban J connectivity index is 2.60. The number of hydrogen-bond acceptors (Lipinski definition) is 0. The largest absolute Gasteiger partial charge is 0.207 e. The van der Waals surface area contributed by atoms with Crippen molar-refractivity contribution >= 4 is 23.2 Å². The fourth-order valence-electron chi connectivity index (χ4n) is 1.69. The minimum atomic E-state index is -1.49. The Bertz CT molecular complexity index is 585. The number of hydrogen-bond donors (Lipinski definition) is 0. The van der Waals surface area contributed by atoms with Gasteiger partial charge in [-0.1, -0.05) is 17.7 Å². The molecule has 100 valence electrons. The van der Waals surface area contributed by atoms with Gasteiger partial charge in [-0.25, -0.2) is 17.6 Å². The van der Waals surface area contributed by atoms with Crippen molar-refractivity contribution in [1.82, 2.24) is 0 Å². The minimum Gasteiger partial charge on any atom is -0.207 e. The molecule has 0 heterocycles. The molecule has 0 bridgehead atoms. The smallest absolute Gasteiger partial charge is 0.134 e. The molecule has 2 aromatic carbocycles. The lowest BCUT2D eigenvalue weighted by atomic mass is 10.0. The van der Waals surface area contributed by atoms with Crippen LogP contribution >= 0.6 is 23.2 Å². The van der Waals surface area contributed by atoms with Crippen LogP contribution in [0, 0.1) is 23.3 Å². The summed E-state index contributed by atoms with van der Waals surface area (Å²) < 4.78 is 53.6. The molecule has 0 aliphatic carbocycles. The summed E-state index contributed by atoms with van der Waals surface area (Å²) in [5.41, 5.74) is -0.898. The third kappa shape index (κ3) is 2.69. The van der Waals surface area contributed by atoms with E-state index in [1.165, 1.54) is 12.1 Å². The van der Waals surface area contributed by atoms with E-state index in [0.717, 1.165) is 6.07 Å². The number of halogens is 6. The van der Waals surface area contributed by atoms with E-state index in [-0.39, 0.29) is 10.6 Å². The molecule has 6 heteroatoms. The van der Waals surface area contributed by atoms with Crippen molar-refractivity contribution < 1.29 is 17.6 Å². The summed E-state index contributed by atoms with van der Waals surface area (Å²) in [6.45, 7) is 0. The van der Waals surface area contributed by atoms with Gasteiger partial charge in [-0.3, -0.25) is 0 Å². The molecule has 0 fully saturated rings. The van der Waals surface area contributed by atoms with E-state index in [1.54, 1.807) is 0 Å². The lowest BCUT2D eigenvalue weighted by Gasteiger charge is -2.14. The van der Waals surface area contributed by atoms with E-state index in [2.05, 4.69) is 0 Å². The zero-order chi connectivity index (χ0) is 14.2. The monoisotopic (exact) mass is 308 g/mol. The van der Waals surface area contributed by atoms with Gasteiger partial charge in [-0.15, -0.1) is 11.6 Å². The second kappa shape index (κ2) is 5.39. The van der Waals surface area contributed by atoms with Gasteiger partial charge in [-0.2, -0.15) is 0 Å². The number of rotatable bonds is 2. The molecule has 0 spiro atoms. The molecule has 0 saturated heterocycles. The fourth-order valence-corrected chi connectivity index (χ4v) is 2.45. The number of alkyl halides is 1. The molecule has 0 N–H and O–H groups in total.